The summed E-state index contributed by atoms with van der Waals surface area (Å²) >= 11 is 5.93. The van der Waals surface area contributed by atoms with Gasteiger partial charge >= 0.3 is 5.97 Å². The highest BCUT2D eigenvalue weighted by Gasteiger charge is 2.55. The molecule has 0 aromatic heterocycles. The van der Waals surface area contributed by atoms with E-state index in [2.05, 4.69) is 5.32 Å². The Bertz CT molecular complexity index is 603. The number of carbonyl (C=O) groups excluding carboxylic acids is 1. The fraction of sp³-hybridized carbons (Fsp3) is 0.467. The Morgan fingerprint density at radius 3 is 2.62 bits per heavy atom. The predicted molar refractivity (Wildman–Crippen MR) is 77.3 cm³/mol. The Kier molecular flexibility index (Phi) is 3.63. The average molecular weight is 310 g/mol. The maximum absolute atomic E-state index is 12.5. The van der Waals surface area contributed by atoms with E-state index < -0.39 is 17.8 Å². The molecule has 2 fully saturated rings. The molecule has 0 aliphatic carbocycles. The molecule has 4 atom stereocenters. The summed E-state index contributed by atoms with van der Waals surface area (Å²) in [7, 11) is 0. The third-order valence-corrected chi connectivity index (χ3v) is 4.55. The first-order valence-corrected chi connectivity index (χ1v) is 7.30. The number of hydrogen-bond donors (Lipinski definition) is 2. The van der Waals surface area contributed by atoms with Crippen molar-refractivity contribution in [1.82, 2.24) is 0 Å². The monoisotopic (exact) mass is 309 g/mol. The molecule has 2 N–H and O–H groups in total. The molecular weight excluding hydrogens is 294 g/mol. The van der Waals surface area contributed by atoms with Gasteiger partial charge in [0.2, 0.25) is 5.91 Å². The Hall–Kier alpha value is -1.59. The highest BCUT2D eigenvalue weighted by molar-refractivity contribution is 6.31. The summed E-state index contributed by atoms with van der Waals surface area (Å²) in [5.41, 5.74) is 1.49. The molecule has 1 aromatic rings. The van der Waals surface area contributed by atoms with Gasteiger partial charge in [-0.2, -0.15) is 0 Å². The highest BCUT2D eigenvalue weighted by atomic mass is 35.5. The first-order valence-electron chi connectivity index (χ1n) is 6.92. The molecule has 3 rings (SSSR count). The Labute approximate surface area is 127 Å². The van der Waals surface area contributed by atoms with E-state index in [1.807, 2.05) is 13.0 Å². The van der Waals surface area contributed by atoms with Crippen LogP contribution in [0.2, 0.25) is 5.02 Å². The van der Waals surface area contributed by atoms with Crippen LogP contribution in [0.15, 0.2) is 18.2 Å². The molecule has 1 amide bonds. The van der Waals surface area contributed by atoms with Crippen molar-refractivity contribution in [1.29, 1.82) is 0 Å². The van der Waals surface area contributed by atoms with Gasteiger partial charge in [0.25, 0.3) is 0 Å². The first-order chi connectivity index (χ1) is 9.97. The van der Waals surface area contributed by atoms with Crippen LogP contribution < -0.4 is 5.32 Å². The summed E-state index contributed by atoms with van der Waals surface area (Å²) in [4.78, 5) is 23.9. The van der Waals surface area contributed by atoms with E-state index in [4.69, 9.17) is 16.3 Å². The summed E-state index contributed by atoms with van der Waals surface area (Å²) in [5, 5.41) is 12.7. The lowest BCUT2D eigenvalue weighted by molar-refractivity contribution is -0.147. The Morgan fingerprint density at radius 1 is 1.29 bits per heavy atom. The highest BCUT2D eigenvalue weighted by Crippen LogP contribution is 2.44. The molecule has 1 aromatic carbocycles. The van der Waals surface area contributed by atoms with Gasteiger partial charge in [-0.1, -0.05) is 17.7 Å². The number of nitrogens with one attached hydrogen (secondary N) is 1. The van der Waals surface area contributed by atoms with Gasteiger partial charge < -0.3 is 15.2 Å². The molecule has 6 heteroatoms. The molecule has 2 saturated heterocycles. The van der Waals surface area contributed by atoms with Crippen molar-refractivity contribution in [3.8, 4) is 0 Å². The molecule has 2 bridgehead atoms. The van der Waals surface area contributed by atoms with Gasteiger partial charge in [-0.05, 0) is 37.5 Å². The van der Waals surface area contributed by atoms with Crippen molar-refractivity contribution < 1.29 is 19.4 Å². The molecule has 0 unspecified atom stereocenters. The SMILES string of the molecule is Cc1ccc(Cl)cc1NC(=O)[C@H]1[C@H](C(=O)O)[C@H]2CC[C@H]1O2. The number of amides is 1. The number of rotatable bonds is 3. The van der Waals surface area contributed by atoms with Crippen molar-refractivity contribution in [2.24, 2.45) is 11.8 Å². The molecule has 0 spiro atoms. The molecule has 21 heavy (non-hydrogen) atoms. The molecule has 2 aliphatic heterocycles. The largest absolute Gasteiger partial charge is 0.481 e. The number of ether oxygens (including phenoxy) is 1. The van der Waals surface area contributed by atoms with Crippen LogP contribution in [0.1, 0.15) is 18.4 Å². The van der Waals surface area contributed by atoms with E-state index in [0.717, 1.165) is 12.0 Å². The topological polar surface area (TPSA) is 75.6 Å². The maximum atomic E-state index is 12.5. The van der Waals surface area contributed by atoms with E-state index in [9.17, 15) is 14.7 Å². The second-order valence-corrected chi connectivity index (χ2v) is 6.07. The number of fused-ring (bicyclic) bond motifs is 2. The summed E-state index contributed by atoms with van der Waals surface area (Å²) in [6, 6.07) is 5.22. The standard InChI is InChI=1S/C15H16ClNO4/c1-7-2-3-8(16)6-9(7)17-14(18)12-10-4-5-11(21-10)13(12)15(19)20/h2-3,6,10-13H,4-5H2,1H3,(H,17,18)(H,19,20)/t10-,11-,12-,13-/m1/s1. The van der Waals surface area contributed by atoms with Crippen LogP contribution in [0.5, 0.6) is 0 Å². The fourth-order valence-corrected chi connectivity index (χ4v) is 3.44. The molecule has 2 aliphatic rings. The van der Waals surface area contributed by atoms with Crippen LogP contribution in [-0.4, -0.2) is 29.2 Å². The van der Waals surface area contributed by atoms with E-state index in [1.165, 1.54) is 0 Å². The number of halogens is 1. The zero-order valence-electron chi connectivity index (χ0n) is 11.5. The van der Waals surface area contributed by atoms with Gasteiger partial charge in [0, 0.05) is 10.7 Å². The lowest BCUT2D eigenvalue weighted by Gasteiger charge is -2.24. The van der Waals surface area contributed by atoms with Crippen molar-refractivity contribution in [2.45, 2.75) is 32.0 Å². The zero-order valence-corrected chi connectivity index (χ0v) is 12.3. The van der Waals surface area contributed by atoms with Crippen molar-refractivity contribution >= 4 is 29.2 Å². The number of benzene rings is 1. The number of carbonyl (C=O) groups is 2. The van der Waals surface area contributed by atoms with Crippen LogP contribution in [0, 0.1) is 18.8 Å². The minimum absolute atomic E-state index is 0.296. The Balaban J connectivity index is 1.81. The van der Waals surface area contributed by atoms with E-state index >= 15 is 0 Å². The van der Waals surface area contributed by atoms with E-state index in [1.54, 1.807) is 12.1 Å². The summed E-state index contributed by atoms with van der Waals surface area (Å²) in [6.45, 7) is 1.86. The van der Waals surface area contributed by atoms with Gasteiger partial charge in [0.1, 0.15) is 0 Å². The summed E-state index contributed by atoms with van der Waals surface area (Å²) in [5.74, 6) is -2.67. The molecule has 2 heterocycles. The Morgan fingerprint density at radius 2 is 1.95 bits per heavy atom. The quantitative estimate of drug-likeness (QED) is 0.899. The van der Waals surface area contributed by atoms with E-state index in [-0.39, 0.29) is 18.1 Å². The fourth-order valence-electron chi connectivity index (χ4n) is 3.27. The molecular formula is C15H16ClNO4. The number of aryl methyl sites for hydroxylation is 1. The minimum atomic E-state index is -0.967. The van der Waals surface area contributed by atoms with Gasteiger partial charge in [0.15, 0.2) is 0 Å². The summed E-state index contributed by atoms with van der Waals surface area (Å²) < 4.78 is 5.60. The van der Waals surface area contributed by atoms with Crippen LogP contribution in [-0.2, 0) is 14.3 Å². The van der Waals surface area contributed by atoms with Gasteiger partial charge in [-0.3, -0.25) is 9.59 Å². The lowest BCUT2D eigenvalue weighted by atomic mass is 9.78. The van der Waals surface area contributed by atoms with Gasteiger partial charge in [0.05, 0.1) is 24.0 Å². The van der Waals surface area contributed by atoms with Crippen LogP contribution in [0.4, 0.5) is 5.69 Å². The van der Waals surface area contributed by atoms with Gasteiger partial charge in [-0.25, -0.2) is 0 Å². The average Bonchev–Trinajstić information content (AvgIpc) is 3.03. The predicted octanol–water partition coefficient (Wildman–Crippen LogP) is 2.47. The molecule has 112 valence electrons. The van der Waals surface area contributed by atoms with Crippen LogP contribution in [0.3, 0.4) is 0 Å². The number of hydrogen-bond acceptors (Lipinski definition) is 3. The second-order valence-electron chi connectivity index (χ2n) is 5.63. The molecule has 0 saturated carbocycles. The lowest BCUT2D eigenvalue weighted by Crippen LogP contribution is -2.41. The molecule has 5 nitrogen and oxygen atoms in total. The third kappa shape index (κ3) is 2.51. The number of carboxylic acid groups (broad SMARTS) is 1. The normalized spacial score (nSPS) is 30.4. The molecule has 0 radical (unpaired) electrons. The van der Waals surface area contributed by atoms with Crippen LogP contribution in [0.25, 0.3) is 0 Å². The minimum Gasteiger partial charge on any atom is -0.481 e. The van der Waals surface area contributed by atoms with E-state index in [0.29, 0.717) is 17.1 Å². The smallest absolute Gasteiger partial charge is 0.310 e. The van der Waals surface area contributed by atoms with Gasteiger partial charge in [-0.15, -0.1) is 0 Å². The third-order valence-electron chi connectivity index (χ3n) is 4.32. The van der Waals surface area contributed by atoms with Crippen molar-refractivity contribution in [3.05, 3.63) is 28.8 Å². The second kappa shape index (κ2) is 5.31. The number of anilines is 1. The number of carboxylic acids is 1. The van der Waals surface area contributed by atoms with Crippen molar-refractivity contribution in [3.63, 3.8) is 0 Å². The maximum Gasteiger partial charge on any atom is 0.310 e. The zero-order chi connectivity index (χ0) is 15.1. The first kappa shape index (κ1) is 14.4. The summed E-state index contributed by atoms with van der Waals surface area (Å²) in [6.07, 6.45) is 0.808. The van der Waals surface area contributed by atoms with Crippen LogP contribution >= 0.6 is 11.6 Å². The number of aliphatic carboxylic acids is 1. The van der Waals surface area contributed by atoms with Crippen molar-refractivity contribution in [2.75, 3.05) is 5.32 Å².